The Morgan fingerprint density at radius 2 is 1.16 bits per heavy atom. The molecule has 0 N–H and O–H groups in total. The van der Waals surface area contributed by atoms with Crippen molar-refractivity contribution >= 4 is 81.3 Å². The summed E-state index contributed by atoms with van der Waals surface area (Å²) in [5.74, 6) is 0. The minimum Gasteiger partial charge on any atom is -0.455 e. The lowest BCUT2D eigenvalue weighted by Gasteiger charge is -2.26. The summed E-state index contributed by atoms with van der Waals surface area (Å²) >= 11 is 1.53. The van der Waals surface area contributed by atoms with Crippen LogP contribution >= 0.6 is 11.3 Å². The van der Waals surface area contributed by atoms with Crippen LogP contribution in [0.25, 0.3) is 75.1 Å². The topological polar surface area (TPSA) is 16.4 Å². The van der Waals surface area contributed by atoms with Gasteiger partial charge in [-0.2, -0.15) is 0 Å². The van der Waals surface area contributed by atoms with Crippen molar-refractivity contribution in [2.75, 3.05) is 4.90 Å². The average Bonchev–Trinajstić information content (AvgIpc) is 3.82. The standard InChI is InChI=1S/C46H29NOS/c1-2-10-30(11-3-1)31-20-25-34(26-21-31)47(41-17-9-18-42-44(41)40-29-24-32-12-4-5-13-36(32)45(40)48-42)35-27-22-33(23-28-35)37-15-8-16-39-38-14-6-7-19-43(38)49-46(37)39/h1-29H/i20D,21D,22D,23D,25D,26D,27D,28D. The van der Waals surface area contributed by atoms with Crippen LogP contribution in [0.5, 0.6) is 0 Å². The molecule has 0 aliphatic rings. The highest BCUT2D eigenvalue weighted by molar-refractivity contribution is 7.26. The lowest BCUT2D eigenvalue weighted by Crippen LogP contribution is -2.10. The zero-order valence-corrected chi connectivity index (χ0v) is 26.7. The van der Waals surface area contributed by atoms with Crippen molar-refractivity contribution < 1.29 is 15.4 Å². The van der Waals surface area contributed by atoms with Gasteiger partial charge in [0.2, 0.25) is 0 Å². The molecule has 0 fully saturated rings. The van der Waals surface area contributed by atoms with Crippen molar-refractivity contribution in [3.8, 4) is 22.3 Å². The van der Waals surface area contributed by atoms with Gasteiger partial charge in [-0.1, -0.05) is 127 Å². The summed E-state index contributed by atoms with van der Waals surface area (Å²) in [6, 6.07) is 36.6. The van der Waals surface area contributed by atoms with Crippen LogP contribution in [0.4, 0.5) is 17.1 Å². The van der Waals surface area contributed by atoms with E-state index in [4.69, 9.17) is 4.42 Å². The highest BCUT2D eigenvalue weighted by Crippen LogP contribution is 2.45. The van der Waals surface area contributed by atoms with E-state index < -0.39 is 24.2 Å². The molecule has 2 aromatic heterocycles. The van der Waals surface area contributed by atoms with Gasteiger partial charge >= 0.3 is 0 Å². The van der Waals surface area contributed by atoms with E-state index in [2.05, 4.69) is 0 Å². The summed E-state index contributed by atoms with van der Waals surface area (Å²) < 4.78 is 84.2. The molecule has 0 saturated heterocycles. The van der Waals surface area contributed by atoms with Gasteiger partial charge < -0.3 is 9.32 Å². The molecule has 8 aromatic carbocycles. The first-order valence-electron chi connectivity index (χ1n) is 20.0. The highest BCUT2D eigenvalue weighted by atomic mass is 32.1. The number of rotatable bonds is 5. The molecule has 3 heteroatoms. The third-order valence-corrected chi connectivity index (χ3v) is 10.2. The van der Waals surface area contributed by atoms with E-state index in [-0.39, 0.29) is 46.7 Å². The molecule has 0 atom stereocenters. The molecule has 49 heavy (non-hydrogen) atoms. The first-order valence-corrected chi connectivity index (χ1v) is 16.8. The maximum absolute atomic E-state index is 9.67. The van der Waals surface area contributed by atoms with Crippen molar-refractivity contribution in [1.29, 1.82) is 0 Å². The first-order chi connectivity index (χ1) is 27.7. The number of hydrogen-bond donors (Lipinski definition) is 0. The SMILES string of the molecule is [2H]c1c([2H])c(N(c2c([2H])c([2H])c(-c3cccc4c3sc3ccccc34)c([2H])c2[2H])c2cccc3oc4c5ccccc5ccc4c23)c([2H])c([2H])c1-c1ccccc1. The Balaban J connectivity index is 1.31. The summed E-state index contributed by atoms with van der Waals surface area (Å²) in [6.45, 7) is 0. The smallest absolute Gasteiger partial charge is 0.143 e. The fraction of sp³-hybridized carbons (Fsp3) is 0. The molecule has 0 spiro atoms. The van der Waals surface area contributed by atoms with E-state index in [1.165, 1.54) is 16.2 Å². The van der Waals surface area contributed by atoms with Crippen LogP contribution in [0.15, 0.2) is 180 Å². The predicted octanol–water partition coefficient (Wildman–Crippen LogP) is 13.9. The van der Waals surface area contributed by atoms with Gasteiger partial charge in [-0.3, -0.25) is 0 Å². The van der Waals surface area contributed by atoms with E-state index in [0.29, 0.717) is 38.8 Å². The Bertz CT molecular complexity index is 3240. The number of hydrogen-bond acceptors (Lipinski definition) is 3. The molecule has 0 amide bonds. The average molecular weight is 652 g/mol. The zero-order valence-electron chi connectivity index (χ0n) is 33.9. The van der Waals surface area contributed by atoms with Crippen molar-refractivity contribution in [2.24, 2.45) is 0 Å². The fourth-order valence-corrected chi connectivity index (χ4v) is 7.96. The van der Waals surface area contributed by atoms with Crippen LogP contribution in [0.3, 0.4) is 0 Å². The summed E-state index contributed by atoms with van der Waals surface area (Å²) in [7, 11) is 0. The Labute approximate surface area is 299 Å². The molecule has 0 radical (unpaired) electrons. The largest absolute Gasteiger partial charge is 0.455 e. The number of benzene rings is 8. The fourth-order valence-electron chi connectivity index (χ4n) is 6.74. The van der Waals surface area contributed by atoms with Crippen LogP contribution < -0.4 is 4.90 Å². The lowest BCUT2D eigenvalue weighted by molar-refractivity contribution is 0.672. The molecule has 10 rings (SSSR count). The maximum atomic E-state index is 9.67. The Hall–Kier alpha value is -6.16. The number of furan rings is 1. The molecule has 10 aromatic rings. The van der Waals surface area contributed by atoms with Crippen molar-refractivity contribution in [3.05, 3.63) is 176 Å². The van der Waals surface area contributed by atoms with Crippen molar-refractivity contribution in [2.45, 2.75) is 0 Å². The van der Waals surface area contributed by atoms with Gasteiger partial charge in [0.05, 0.1) is 22.0 Å². The molecular formula is C46H29NOS. The van der Waals surface area contributed by atoms with Crippen LogP contribution in [-0.2, 0) is 0 Å². The highest BCUT2D eigenvalue weighted by Gasteiger charge is 2.21. The van der Waals surface area contributed by atoms with Gasteiger partial charge in [0.1, 0.15) is 11.2 Å². The van der Waals surface area contributed by atoms with E-state index in [1.54, 1.807) is 42.5 Å². The Morgan fingerprint density at radius 3 is 1.98 bits per heavy atom. The molecule has 2 heterocycles. The molecule has 0 aliphatic carbocycles. The first kappa shape index (κ1) is 20.9. The lowest BCUT2D eigenvalue weighted by atomic mass is 10.0. The molecule has 0 aliphatic heterocycles. The van der Waals surface area contributed by atoms with Crippen molar-refractivity contribution in [1.82, 2.24) is 0 Å². The summed E-state index contributed by atoms with van der Waals surface area (Å²) in [6.07, 6.45) is 0. The van der Waals surface area contributed by atoms with Gasteiger partial charge in [-0.15, -0.1) is 11.3 Å². The van der Waals surface area contributed by atoms with Crippen LogP contribution in [0, 0.1) is 0 Å². The Morgan fingerprint density at radius 1 is 0.490 bits per heavy atom. The van der Waals surface area contributed by atoms with E-state index in [1.807, 2.05) is 84.9 Å². The number of anilines is 3. The quantitative estimate of drug-likeness (QED) is 0.184. The zero-order chi connectivity index (χ0) is 39.3. The van der Waals surface area contributed by atoms with E-state index >= 15 is 0 Å². The number of fused-ring (bicyclic) bond motifs is 8. The third kappa shape index (κ3) is 4.55. The predicted molar refractivity (Wildman–Crippen MR) is 210 cm³/mol. The van der Waals surface area contributed by atoms with E-state index in [9.17, 15) is 11.0 Å². The minimum absolute atomic E-state index is 0.110. The molecule has 0 bridgehead atoms. The van der Waals surface area contributed by atoms with Gasteiger partial charge in [0.25, 0.3) is 0 Å². The summed E-state index contributed by atoms with van der Waals surface area (Å²) in [4.78, 5) is 1.37. The minimum atomic E-state index is -0.402. The third-order valence-electron chi connectivity index (χ3n) is 9.01. The molecule has 0 unspecified atom stereocenters. The second-order valence-corrected chi connectivity index (χ2v) is 12.9. The van der Waals surface area contributed by atoms with Crippen LogP contribution in [0.1, 0.15) is 11.0 Å². The van der Waals surface area contributed by atoms with E-state index in [0.717, 1.165) is 30.9 Å². The normalized spacial score (nSPS) is 14.0. The van der Waals surface area contributed by atoms with Crippen LogP contribution in [-0.4, -0.2) is 0 Å². The van der Waals surface area contributed by atoms with Gasteiger partial charge in [-0.25, -0.2) is 0 Å². The summed E-state index contributed by atoms with van der Waals surface area (Å²) in [5, 5.41) is 5.06. The number of nitrogens with zero attached hydrogens (tertiary/aromatic N) is 1. The Kier molecular flexibility index (Phi) is 4.80. The molecule has 0 saturated carbocycles. The number of thiophene rings is 1. The monoisotopic (exact) mass is 651 g/mol. The van der Waals surface area contributed by atoms with Gasteiger partial charge in [-0.05, 0) is 76.1 Å². The maximum Gasteiger partial charge on any atom is 0.143 e. The second-order valence-electron chi connectivity index (χ2n) is 11.8. The molecule has 2 nitrogen and oxygen atoms in total. The van der Waals surface area contributed by atoms with Gasteiger partial charge in [0.15, 0.2) is 0 Å². The van der Waals surface area contributed by atoms with Crippen molar-refractivity contribution in [3.63, 3.8) is 0 Å². The molecule has 230 valence electrons. The molecular weight excluding hydrogens is 615 g/mol. The van der Waals surface area contributed by atoms with Gasteiger partial charge in [0, 0.05) is 42.3 Å². The van der Waals surface area contributed by atoms with Crippen LogP contribution in [0.2, 0.25) is 0 Å². The second kappa shape index (κ2) is 11.2. The summed E-state index contributed by atoms with van der Waals surface area (Å²) in [5.41, 5.74) is 2.25.